The molecule has 1 saturated heterocycles. The standard InChI is InChI=1S/C19H31N3O3S/c1-4-5-6-9-20-19(23)15-21-10-12-22(13-11-21)26(24,25)18-8-7-16(2)17(3)14-18/h7-8,14H,4-6,9-13,15H2,1-3H3,(H,20,23)/p+1. The Morgan fingerprint density at radius 1 is 1.15 bits per heavy atom. The number of carbonyl (C=O) groups excluding carboxylic acids is 1. The average Bonchev–Trinajstić information content (AvgIpc) is 2.61. The van der Waals surface area contributed by atoms with Gasteiger partial charge in [0.05, 0.1) is 31.1 Å². The normalized spacial score (nSPS) is 16.6. The summed E-state index contributed by atoms with van der Waals surface area (Å²) in [6.07, 6.45) is 3.28. The minimum Gasteiger partial charge on any atom is -0.351 e. The molecule has 0 unspecified atom stereocenters. The van der Waals surface area contributed by atoms with Crippen molar-refractivity contribution in [2.45, 2.75) is 44.9 Å². The van der Waals surface area contributed by atoms with Crippen molar-refractivity contribution in [2.75, 3.05) is 39.3 Å². The van der Waals surface area contributed by atoms with Crippen LogP contribution in [0.3, 0.4) is 0 Å². The van der Waals surface area contributed by atoms with E-state index in [-0.39, 0.29) is 5.91 Å². The lowest BCUT2D eigenvalue weighted by molar-refractivity contribution is -0.895. The molecule has 0 bridgehead atoms. The molecule has 1 aromatic carbocycles. The van der Waals surface area contributed by atoms with Gasteiger partial charge in [0.25, 0.3) is 5.91 Å². The van der Waals surface area contributed by atoms with E-state index in [1.807, 2.05) is 19.9 Å². The second kappa shape index (κ2) is 9.48. The van der Waals surface area contributed by atoms with Crippen molar-refractivity contribution in [2.24, 2.45) is 0 Å². The van der Waals surface area contributed by atoms with E-state index in [1.165, 1.54) is 0 Å². The van der Waals surface area contributed by atoms with Gasteiger partial charge in [-0.15, -0.1) is 0 Å². The van der Waals surface area contributed by atoms with Gasteiger partial charge in [0.1, 0.15) is 0 Å². The molecule has 1 amide bonds. The van der Waals surface area contributed by atoms with Gasteiger partial charge in [-0.3, -0.25) is 4.79 Å². The maximum Gasteiger partial charge on any atom is 0.275 e. The monoisotopic (exact) mass is 382 g/mol. The highest BCUT2D eigenvalue weighted by Crippen LogP contribution is 2.19. The molecule has 0 aliphatic carbocycles. The number of aryl methyl sites for hydroxylation is 2. The summed E-state index contributed by atoms with van der Waals surface area (Å²) < 4.78 is 27.2. The maximum atomic E-state index is 12.8. The molecule has 146 valence electrons. The highest BCUT2D eigenvalue weighted by Gasteiger charge is 2.31. The third kappa shape index (κ3) is 5.53. The summed E-state index contributed by atoms with van der Waals surface area (Å²) in [7, 11) is -3.45. The molecule has 26 heavy (non-hydrogen) atoms. The van der Waals surface area contributed by atoms with Crippen LogP contribution in [0, 0.1) is 13.8 Å². The highest BCUT2D eigenvalue weighted by atomic mass is 32.2. The fraction of sp³-hybridized carbons (Fsp3) is 0.632. The summed E-state index contributed by atoms with van der Waals surface area (Å²) in [6.45, 7) is 9.41. The van der Waals surface area contributed by atoms with Gasteiger partial charge in [-0.25, -0.2) is 8.42 Å². The van der Waals surface area contributed by atoms with E-state index >= 15 is 0 Å². The van der Waals surface area contributed by atoms with E-state index < -0.39 is 10.0 Å². The Balaban J connectivity index is 1.85. The number of quaternary nitrogens is 1. The van der Waals surface area contributed by atoms with Crippen LogP contribution in [0.2, 0.25) is 0 Å². The lowest BCUT2D eigenvalue weighted by Gasteiger charge is -2.31. The second-order valence-electron chi connectivity index (χ2n) is 7.13. The van der Waals surface area contributed by atoms with Crippen LogP contribution in [0.15, 0.2) is 23.1 Å². The Morgan fingerprint density at radius 3 is 2.46 bits per heavy atom. The van der Waals surface area contributed by atoms with E-state index in [0.29, 0.717) is 37.6 Å². The number of rotatable bonds is 8. The second-order valence-corrected chi connectivity index (χ2v) is 9.07. The lowest BCUT2D eigenvalue weighted by Crippen LogP contribution is -3.15. The molecule has 0 saturated carbocycles. The highest BCUT2D eigenvalue weighted by molar-refractivity contribution is 7.89. The van der Waals surface area contributed by atoms with Crippen molar-refractivity contribution in [3.63, 3.8) is 0 Å². The van der Waals surface area contributed by atoms with E-state index in [1.54, 1.807) is 16.4 Å². The summed E-state index contributed by atoms with van der Waals surface area (Å²) in [5, 5.41) is 2.95. The van der Waals surface area contributed by atoms with Crippen LogP contribution < -0.4 is 10.2 Å². The molecule has 2 rings (SSSR count). The molecule has 0 aromatic heterocycles. The number of amides is 1. The van der Waals surface area contributed by atoms with Crippen LogP contribution in [0.25, 0.3) is 0 Å². The van der Waals surface area contributed by atoms with Crippen molar-refractivity contribution in [1.82, 2.24) is 9.62 Å². The van der Waals surface area contributed by atoms with Gasteiger partial charge >= 0.3 is 0 Å². The first-order valence-electron chi connectivity index (χ1n) is 9.52. The fourth-order valence-corrected chi connectivity index (χ4v) is 4.66. The smallest absolute Gasteiger partial charge is 0.275 e. The molecule has 0 atom stereocenters. The number of carbonyl (C=O) groups is 1. The van der Waals surface area contributed by atoms with Gasteiger partial charge in [0.15, 0.2) is 6.54 Å². The van der Waals surface area contributed by atoms with Crippen molar-refractivity contribution >= 4 is 15.9 Å². The molecule has 1 aliphatic heterocycles. The Labute approximate surface area is 157 Å². The van der Waals surface area contributed by atoms with Crippen LogP contribution in [0.4, 0.5) is 0 Å². The molecule has 0 radical (unpaired) electrons. The van der Waals surface area contributed by atoms with Gasteiger partial charge in [0, 0.05) is 6.54 Å². The maximum absolute atomic E-state index is 12.8. The number of nitrogens with one attached hydrogen (secondary N) is 2. The van der Waals surface area contributed by atoms with Crippen molar-refractivity contribution in [3.8, 4) is 0 Å². The van der Waals surface area contributed by atoms with Gasteiger partial charge in [-0.2, -0.15) is 4.31 Å². The van der Waals surface area contributed by atoms with Crippen LogP contribution >= 0.6 is 0 Å². The summed E-state index contributed by atoms with van der Waals surface area (Å²) in [4.78, 5) is 13.5. The van der Waals surface area contributed by atoms with Crippen molar-refractivity contribution < 1.29 is 18.1 Å². The number of unbranched alkanes of at least 4 members (excludes halogenated alkanes) is 2. The molecule has 1 aliphatic rings. The number of hydrogen-bond donors (Lipinski definition) is 2. The fourth-order valence-electron chi connectivity index (χ4n) is 3.14. The van der Waals surface area contributed by atoms with Crippen LogP contribution in [0.5, 0.6) is 0 Å². The zero-order valence-corrected chi connectivity index (χ0v) is 17.0. The predicted molar refractivity (Wildman–Crippen MR) is 103 cm³/mol. The summed E-state index contributed by atoms with van der Waals surface area (Å²) in [5.41, 5.74) is 2.07. The molecule has 2 N–H and O–H groups in total. The van der Waals surface area contributed by atoms with Gasteiger partial charge in [-0.1, -0.05) is 25.8 Å². The third-order valence-corrected chi connectivity index (χ3v) is 6.95. The Morgan fingerprint density at radius 2 is 1.85 bits per heavy atom. The molecule has 1 heterocycles. The van der Waals surface area contributed by atoms with Crippen LogP contribution in [-0.2, 0) is 14.8 Å². The van der Waals surface area contributed by atoms with Gasteiger partial charge in [0.2, 0.25) is 10.0 Å². The molecule has 6 nitrogen and oxygen atoms in total. The van der Waals surface area contributed by atoms with E-state index in [4.69, 9.17) is 0 Å². The number of nitrogens with zero attached hydrogens (tertiary/aromatic N) is 1. The van der Waals surface area contributed by atoms with Crippen LogP contribution in [0.1, 0.15) is 37.3 Å². The largest absolute Gasteiger partial charge is 0.351 e. The molecular weight excluding hydrogens is 350 g/mol. The van der Waals surface area contributed by atoms with E-state index in [0.717, 1.165) is 41.8 Å². The summed E-state index contributed by atoms with van der Waals surface area (Å²) in [5.74, 6) is 0.0570. The van der Waals surface area contributed by atoms with Crippen molar-refractivity contribution in [1.29, 1.82) is 0 Å². The van der Waals surface area contributed by atoms with Crippen molar-refractivity contribution in [3.05, 3.63) is 29.3 Å². The Kier molecular flexibility index (Phi) is 7.61. The number of piperazine rings is 1. The van der Waals surface area contributed by atoms with E-state index in [9.17, 15) is 13.2 Å². The summed E-state index contributed by atoms with van der Waals surface area (Å²) in [6, 6.07) is 5.28. The SMILES string of the molecule is CCCCCNC(=O)C[NH+]1CCN(S(=O)(=O)c2ccc(C)c(C)c2)CC1. The van der Waals surface area contributed by atoms with Gasteiger partial charge < -0.3 is 10.2 Å². The topological polar surface area (TPSA) is 70.9 Å². The average molecular weight is 383 g/mol. The third-order valence-electron chi connectivity index (χ3n) is 5.06. The first-order valence-corrected chi connectivity index (χ1v) is 11.0. The van der Waals surface area contributed by atoms with Gasteiger partial charge in [-0.05, 0) is 43.5 Å². The molecule has 7 heteroatoms. The number of sulfonamides is 1. The predicted octanol–water partition coefficient (Wildman–Crippen LogP) is 0.499. The minimum atomic E-state index is -3.45. The van der Waals surface area contributed by atoms with E-state index in [2.05, 4.69) is 12.2 Å². The number of benzene rings is 1. The first kappa shape index (κ1) is 20.9. The molecular formula is C19H32N3O3S+. The molecule has 1 aromatic rings. The minimum absolute atomic E-state index is 0.0570. The molecule has 1 fully saturated rings. The lowest BCUT2D eigenvalue weighted by atomic mass is 10.1. The number of hydrogen-bond acceptors (Lipinski definition) is 3. The Bertz CT molecular complexity index is 711. The zero-order valence-electron chi connectivity index (χ0n) is 16.2. The zero-order chi connectivity index (χ0) is 19.2. The first-order chi connectivity index (χ1) is 12.3. The van der Waals surface area contributed by atoms with Crippen LogP contribution in [-0.4, -0.2) is 57.9 Å². The molecule has 0 spiro atoms. The quantitative estimate of drug-likeness (QED) is 0.643. The Hall–Kier alpha value is -1.44. The summed E-state index contributed by atoms with van der Waals surface area (Å²) >= 11 is 0.